The molecule has 0 unspecified atom stereocenters. The van der Waals surface area contributed by atoms with Gasteiger partial charge in [-0.2, -0.15) is 4.98 Å². The zero-order valence-electron chi connectivity index (χ0n) is 16.3. The van der Waals surface area contributed by atoms with Gasteiger partial charge in [0, 0.05) is 49.2 Å². The molecule has 0 spiro atoms. The molecule has 0 N–H and O–H groups in total. The highest BCUT2D eigenvalue weighted by molar-refractivity contribution is 5.76. The molecule has 2 aliphatic rings. The largest absolute Gasteiger partial charge is 0.481 e. The molecule has 0 aliphatic carbocycles. The monoisotopic (exact) mass is 390 g/mol. The number of morpholine rings is 1. The summed E-state index contributed by atoms with van der Waals surface area (Å²) in [6.45, 7) is 3.79. The number of pyridine rings is 2. The van der Waals surface area contributed by atoms with Crippen LogP contribution >= 0.6 is 0 Å². The molecule has 148 valence electrons. The van der Waals surface area contributed by atoms with Crippen LogP contribution in [-0.4, -0.2) is 59.9 Å². The minimum atomic E-state index is 0.588. The lowest BCUT2D eigenvalue weighted by molar-refractivity contribution is 0.122. The van der Waals surface area contributed by atoms with Crippen LogP contribution in [0.15, 0.2) is 42.9 Å². The molecular formula is C21H22N6O2. The topological polar surface area (TPSA) is 76.5 Å². The second-order valence-corrected chi connectivity index (χ2v) is 6.98. The Morgan fingerprint density at radius 3 is 2.66 bits per heavy atom. The van der Waals surface area contributed by atoms with Crippen molar-refractivity contribution in [2.75, 3.05) is 49.8 Å². The lowest BCUT2D eigenvalue weighted by atomic mass is 10.1. The number of fused-ring (bicyclic) bond motifs is 1. The Labute approximate surface area is 169 Å². The van der Waals surface area contributed by atoms with E-state index in [4.69, 9.17) is 19.4 Å². The van der Waals surface area contributed by atoms with Crippen molar-refractivity contribution < 1.29 is 9.47 Å². The van der Waals surface area contributed by atoms with Crippen LogP contribution < -0.4 is 14.5 Å². The third-order valence-corrected chi connectivity index (χ3v) is 5.28. The summed E-state index contributed by atoms with van der Waals surface area (Å²) in [4.78, 5) is 23.0. The van der Waals surface area contributed by atoms with Crippen molar-refractivity contribution in [2.24, 2.45) is 0 Å². The Hall–Kier alpha value is -3.26. The highest BCUT2D eigenvalue weighted by Gasteiger charge is 2.29. The molecule has 0 aromatic carbocycles. The maximum Gasteiger partial charge on any atom is 0.228 e. The van der Waals surface area contributed by atoms with Crippen LogP contribution in [0.5, 0.6) is 5.88 Å². The van der Waals surface area contributed by atoms with Crippen LogP contribution in [0.3, 0.4) is 0 Å². The van der Waals surface area contributed by atoms with Gasteiger partial charge in [0.1, 0.15) is 5.82 Å². The smallest absolute Gasteiger partial charge is 0.228 e. The zero-order chi connectivity index (χ0) is 19.6. The standard InChI is InChI=1S/C21H22N6O2/c1-28-18-5-4-15(13-23-18)19-17-6-8-27(16-3-2-7-22-14-16)20(17)25-21(24-19)26-9-11-29-12-10-26/h2-5,7,13-14H,6,8-12H2,1H3. The van der Waals surface area contributed by atoms with E-state index in [2.05, 4.69) is 25.8 Å². The van der Waals surface area contributed by atoms with Gasteiger partial charge in [-0.05, 0) is 24.6 Å². The molecule has 0 atom stereocenters. The van der Waals surface area contributed by atoms with Crippen molar-refractivity contribution in [3.63, 3.8) is 0 Å². The SMILES string of the molecule is COc1ccc(-c2nc(N3CCOCC3)nc3c2CCN3c2cccnc2)cn1. The molecule has 1 saturated heterocycles. The van der Waals surface area contributed by atoms with E-state index >= 15 is 0 Å². The summed E-state index contributed by atoms with van der Waals surface area (Å²) in [5, 5.41) is 0. The minimum absolute atomic E-state index is 0.588. The van der Waals surface area contributed by atoms with E-state index in [-0.39, 0.29) is 0 Å². The predicted molar refractivity (Wildman–Crippen MR) is 110 cm³/mol. The first-order valence-corrected chi connectivity index (χ1v) is 9.75. The van der Waals surface area contributed by atoms with Gasteiger partial charge in [0.05, 0.1) is 37.9 Å². The number of anilines is 3. The van der Waals surface area contributed by atoms with Gasteiger partial charge < -0.3 is 19.3 Å². The maximum atomic E-state index is 5.50. The third-order valence-electron chi connectivity index (χ3n) is 5.28. The zero-order valence-corrected chi connectivity index (χ0v) is 16.3. The summed E-state index contributed by atoms with van der Waals surface area (Å²) < 4.78 is 10.7. The quantitative estimate of drug-likeness (QED) is 0.673. The molecule has 29 heavy (non-hydrogen) atoms. The number of hydrogen-bond acceptors (Lipinski definition) is 8. The molecule has 2 aliphatic heterocycles. The molecule has 0 bridgehead atoms. The molecule has 8 heteroatoms. The summed E-state index contributed by atoms with van der Waals surface area (Å²) >= 11 is 0. The average molecular weight is 390 g/mol. The lowest BCUT2D eigenvalue weighted by Crippen LogP contribution is -2.37. The summed E-state index contributed by atoms with van der Waals surface area (Å²) in [6.07, 6.45) is 6.35. The third kappa shape index (κ3) is 3.36. The molecule has 3 aromatic heterocycles. The van der Waals surface area contributed by atoms with E-state index in [1.54, 1.807) is 13.3 Å². The van der Waals surface area contributed by atoms with Gasteiger partial charge in [0.2, 0.25) is 11.8 Å². The molecule has 3 aromatic rings. The Kier molecular flexibility index (Phi) is 4.69. The molecule has 5 rings (SSSR count). The summed E-state index contributed by atoms with van der Waals surface area (Å²) in [5.41, 5.74) is 4.07. The number of ether oxygens (including phenoxy) is 2. The van der Waals surface area contributed by atoms with Crippen LogP contribution in [0, 0.1) is 0 Å². The molecule has 8 nitrogen and oxygen atoms in total. The van der Waals surface area contributed by atoms with E-state index in [1.807, 2.05) is 30.6 Å². The van der Waals surface area contributed by atoms with Crippen LogP contribution in [0.25, 0.3) is 11.3 Å². The first-order chi connectivity index (χ1) is 14.3. The highest BCUT2D eigenvalue weighted by Crippen LogP contribution is 2.39. The van der Waals surface area contributed by atoms with Crippen LogP contribution in [-0.2, 0) is 11.2 Å². The fraction of sp³-hybridized carbons (Fsp3) is 0.333. The van der Waals surface area contributed by atoms with Gasteiger partial charge in [0.25, 0.3) is 0 Å². The van der Waals surface area contributed by atoms with E-state index in [9.17, 15) is 0 Å². The van der Waals surface area contributed by atoms with Gasteiger partial charge >= 0.3 is 0 Å². The van der Waals surface area contributed by atoms with Gasteiger partial charge in [0.15, 0.2) is 0 Å². The lowest BCUT2D eigenvalue weighted by Gasteiger charge is -2.28. The van der Waals surface area contributed by atoms with Crippen molar-refractivity contribution in [1.82, 2.24) is 19.9 Å². The van der Waals surface area contributed by atoms with Gasteiger partial charge in [-0.1, -0.05) is 0 Å². The Morgan fingerprint density at radius 1 is 1.03 bits per heavy atom. The Balaban J connectivity index is 1.62. The average Bonchev–Trinajstić information content (AvgIpc) is 3.24. The van der Waals surface area contributed by atoms with Gasteiger partial charge in [-0.3, -0.25) is 4.98 Å². The Morgan fingerprint density at radius 2 is 1.93 bits per heavy atom. The first-order valence-electron chi connectivity index (χ1n) is 9.75. The molecule has 5 heterocycles. The molecule has 0 radical (unpaired) electrons. The number of rotatable bonds is 4. The number of methoxy groups -OCH3 is 1. The van der Waals surface area contributed by atoms with E-state index in [0.717, 1.165) is 60.3 Å². The normalized spacial score (nSPS) is 16.0. The van der Waals surface area contributed by atoms with Crippen LogP contribution in [0.1, 0.15) is 5.56 Å². The minimum Gasteiger partial charge on any atom is -0.481 e. The first kappa shape index (κ1) is 17.8. The van der Waals surface area contributed by atoms with Gasteiger partial charge in [-0.15, -0.1) is 0 Å². The number of hydrogen-bond donors (Lipinski definition) is 0. The molecular weight excluding hydrogens is 368 g/mol. The molecule has 0 amide bonds. The van der Waals surface area contributed by atoms with Crippen molar-refractivity contribution in [3.8, 4) is 17.1 Å². The Bertz CT molecular complexity index is 990. The number of nitrogens with zero attached hydrogens (tertiary/aromatic N) is 6. The molecule has 0 saturated carbocycles. The van der Waals surface area contributed by atoms with Crippen molar-refractivity contribution in [2.45, 2.75) is 6.42 Å². The second kappa shape index (κ2) is 7.63. The molecule has 1 fully saturated rings. The van der Waals surface area contributed by atoms with Crippen molar-refractivity contribution in [3.05, 3.63) is 48.4 Å². The van der Waals surface area contributed by atoms with Gasteiger partial charge in [-0.25, -0.2) is 9.97 Å². The van der Waals surface area contributed by atoms with Crippen LogP contribution in [0.2, 0.25) is 0 Å². The van der Waals surface area contributed by atoms with E-state index < -0.39 is 0 Å². The fourth-order valence-corrected chi connectivity index (χ4v) is 3.79. The van der Waals surface area contributed by atoms with Crippen LogP contribution in [0.4, 0.5) is 17.5 Å². The summed E-state index contributed by atoms with van der Waals surface area (Å²) in [7, 11) is 1.62. The second-order valence-electron chi connectivity index (χ2n) is 6.98. The predicted octanol–water partition coefficient (Wildman–Crippen LogP) is 2.47. The maximum absolute atomic E-state index is 5.50. The summed E-state index contributed by atoms with van der Waals surface area (Å²) in [6, 6.07) is 7.88. The number of aromatic nitrogens is 4. The highest BCUT2D eigenvalue weighted by atomic mass is 16.5. The van der Waals surface area contributed by atoms with E-state index in [0.29, 0.717) is 19.1 Å². The van der Waals surface area contributed by atoms with E-state index in [1.165, 1.54) is 0 Å². The fourth-order valence-electron chi connectivity index (χ4n) is 3.79. The summed E-state index contributed by atoms with van der Waals surface area (Å²) in [5.74, 6) is 2.26. The van der Waals surface area contributed by atoms with Crippen molar-refractivity contribution in [1.29, 1.82) is 0 Å². The van der Waals surface area contributed by atoms with Crippen molar-refractivity contribution >= 4 is 17.5 Å².